The fraction of sp³-hybridized carbons (Fsp3) is 0.500. The highest BCUT2D eigenvalue weighted by molar-refractivity contribution is 9.09. The highest BCUT2D eigenvalue weighted by Crippen LogP contribution is 1.99. The van der Waals surface area contributed by atoms with Gasteiger partial charge in [0, 0.05) is 29.7 Å². The Hall–Kier alpha value is -0.460. The molecular weight excluding hydrogens is 292 g/mol. The summed E-state index contributed by atoms with van der Waals surface area (Å²) < 4.78 is 25.6. The number of sulfonamides is 1. The molecule has 0 aliphatic heterocycles. The van der Waals surface area contributed by atoms with Crippen LogP contribution < -0.4 is 4.72 Å². The summed E-state index contributed by atoms with van der Waals surface area (Å²) in [6.45, 7) is 2.30. The van der Waals surface area contributed by atoms with E-state index < -0.39 is 10.0 Å². The van der Waals surface area contributed by atoms with Gasteiger partial charge >= 0.3 is 0 Å². The fourth-order valence-corrected chi connectivity index (χ4v) is 2.60. The number of nitrogens with one attached hydrogen (secondary N) is 1. The van der Waals surface area contributed by atoms with Crippen LogP contribution in [0.5, 0.6) is 0 Å². The van der Waals surface area contributed by atoms with Gasteiger partial charge in [-0.1, -0.05) is 28.9 Å². The first-order valence-electron chi connectivity index (χ1n) is 5.01. The Balaban J connectivity index is 2.42. The first kappa shape index (κ1) is 13.6. The lowest BCUT2D eigenvalue weighted by Gasteiger charge is -2.07. The summed E-state index contributed by atoms with van der Waals surface area (Å²) >= 11 is 3.28. The van der Waals surface area contributed by atoms with Crippen LogP contribution in [0.3, 0.4) is 0 Å². The quantitative estimate of drug-likeness (QED) is 0.807. The van der Waals surface area contributed by atoms with Gasteiger partial charge in [0.1, 0.15) is 0 Å². The van der Waals surface area contributed by atoms with Crippen molar-refractivity contribution in [2.45, 2.75) is 18.2 Å². The van der Waals surface area contributed by atoms with Crippen molar-refractivity contribution in [2.75, 3.05) is 12.3 Å². The average molecular weight is 307 g/mol. The smallest absolute Gasteiger partial charge is 0.212 e. The Kier molecular flexibility index (Phi) is 5.37. The number of hydrogen-bond donors (Lipinski definition) is 1. The van der Waals surface area contributed by atoms with E-state index in [9.17, 15) is 8.42 Å². The van der Waals surface area contributed by atoms with Crippen LogP contribution in [0, 0.1) is 0 Å². The Bertz CT molecular complexity index is 406. The first-order chi connectivity index (χ1) is 7.49. The maximum Gasteiger partial charge on any atom is 0.212 e. The molecule has 0 amide bonds. The maximum absolute atomic E-state index is 11.5. The third-order valence-electron chi connectivity index (χ3n) is 1.94. The number of pyridine rings is 1. The molecule has 6 heteroatoms. The number of aromatic nitrogens is 1. The highest BCUT2D eigenvalue weighted by Gasteiger charge is 2.11. The van der Waals surface area contributed by atoms with E-state index in [1.54, 1.807) is 6.20 Å². The molecule has 4 nitrogen and oxygen atoms in total. The lowest BCUT2D eigenvalue weighted by Crippen LogP contribution is -2.31. The number of aryl methyl sites for hydroxylation is 1. The topological polar surface area (TPSA) is 59.1 Å². The zero-order chi connectivity index (χ0) is 12.0. The molecule has 1 aromatic heterocycles. The Morgan fingerprint density at radius 2 is 2.25 bits per heavy atom. The monoisotopic (exact) mass is 306 g/mol. The maximum atomic E-state index is 11.5. The van der Waals surface area contributed by atoms with E-state index in [-0.39, 0.29) is 10.6 Å². The van der Waals surface area contributed by atoms with Gasteiger partial charge in [0.15, 0.2) is 0 Å². The van der Waals surface area contributed by atoms with Crippen molar-refractivity contribution in [3.63, 3.8) is 0 Å². The molecule has 0 aliphatic rings. The third-order valence-corrected chi connectivity index (χ3v) is 3.61. The zero-order valence-corrected chi connectivity index (χ0v) is 11.5. The summed E-state index contributed by atoms with van der Waals surface area (Å²) in [7, 11) is -3.19. The third kappa shape index (κ3) is 5.58. The summed E-state index contributed by atoms with van der Waals surface area (Å²) in [5, 5.41) is 0. The summed E-state index contributed by atoms with van der Waals surface area (Å²) in [6.07, 6.45) is 2.10. The number of alkyl halides is 1. The molecule has 90 valence electrons. The van der Waals surface area contributed by atoms with Gasteiger partial charge in [-0.05, 0) is 12.1 Å². The normalized spacial score (nSPS) is 13.6. The van der Waals surface area contributed by atoms with Crippen LogP contribution >= 0.6 is 15.9 Å². The molecule has 16 heavy (non-hydrogen) atoms. The van der Waals surface area contributed by atoms with Crippen molar-refractivity contribution >= 4 is 26.0 Å². The molecule has 1 unspecified atom stereocenters. The van der Waals surface area contributed by atoms with E-state index in [4.69, 9.17) is 0 Å². The SMILES string of the molecule is CC(Br)CNS(=O)(=O)CCc1ccccn1. The van der Waals surface area contributed by atoms with E-state index in [2.05, 4.69) is 25.6 Å². The predicted octanol–water partition coefficient (Wildman–Crippen LogP) is 1.33. The van der Waals surface area contributed by atoms with Crippen LogP contribution in [0.15, 0.2) is 24.4 Å². The van der Waals surface area contributed by atoms with Crippen molar-refractivity contribution in [1.82, 2.24) is 9.71 Å². The Morgan fingerprint density at radius 3 is 2.81 bits per heavy atom. The largest absolute Gasteiger partial charge is 0.261 e. The van der Waals surface area contributed by atoms with Crippen LogP contribution in [0.1, 0.15) is 12.6 Å². The van der Waals surface area contributed by atoms with Crippen LogP contribution in [0.25, 0.3) is 0 Å². The second-order valence-electron chi connectivity index (χ2n) is 3.52. The molecule has 0 saturated heterocycles. The second kappa shape index (κ2) is 6.32. The van der Waals surface area contributed by atoms with Crippen LogP contribution in [0.4, 0.5) is 0 Å². The van der Waals surface area contributed by atoms with Crippen molar-refractivity contribution in [3.05, 3.63) is 30.1 Å². The summed E-state index contributed by atoms with van der Waals surface area (Å²) in [6, 6.07) is 5.48. The minimum Gasteiger partial charge on any atom is -0.261 e. The Morgan fingerprint density at radius 1 is 1.50 bits per heavy atom. The molecule has 1 heterocycles. The van der Waals surface area contributed by atoms with E-state index in [0.717, 1.165) is 5.69 Å². The van der Waals surface area contributed by atoms with Crippen molar-refractivity contribution in [3.8, 4) is 0 Å². The molecule has 0 bridgehead atoms. The second-order valence-corrected chi connectivity index (χ2v) is 7.01. The number of rotatable bonds is 6. The lowest BCUT2D eigenvalue weighted by atomic mass is 10.3. The Labute approximate surface area is 105 Å². The van der Waals surface area contributed by atoms with Gasteiger partial charge in [-0.3, -0.25) is 4.98 Å². The minimum absolute atomic E-state index is 0.0731. The molecule has 1 atom stereocenters. The molecule has 0 fully saturated rings. The van der Waals surface area contributed by atoms with Gasteiger partial charge in [-0.2, -0.15) is 0 Å². The van der Waals surface area contributed by atoms with E-state index in [1.807, 2.05) is 25.1 Å². The summed E-state index contributed by atoms with van der Waals surface area (Å²) in [4.78, 5) is 4.21. The standard InChI is InChI=1S/C10H15BrN2O2S/c1-9(11)8-13-16(14,15)7-5-10-4-2-3-6-12-10/h2-4,6,9,13H,5,7-8H2,1H3. The molecular formula is C10H15BrN2O2S. The lowest BCUT2D eigenvalue weighted by molar-refractivity contribution is 0.580. The first-order valence-corrected chi connectivity index (χ1v) is 7.58. The van der Waals surface area contributed by atoms with Crippen molar-refractivity contribution < 1.29 is 8.42 Å². The van der Waals surface area contributed by atoms with Gasteiger partial charge in [-0.15, -0.1) is 0 Å². The molecule has 0 aliphatic carbocycles. The molecule has 1 N–H and O–H groups in total. The van der Waals surface area contributed by atoms with E-state index in [0.29, 0.717) is 13.0 Å². The molecule has 0 saturated carbocycles. The zero-order valence-electron chi connectivity index (χ0n) is 9.06. The molecule has 0 radical (unpaired) electrons. The van der Waals surface area contributed by atoms with Crippen molar-refractivity contribution in [1.29, 1.82) is 0 Å². The molecule has 0 spiro atoms. The number of nitrogens with zero attached hydrogens (tertiary/aromatic N) is 1. The summed E-state index contributed by atoms with van der Waals surface area (Å²) in [5.41, 5.74) is 0.791. The van der Waals surface area contributed by atoms with Crippen LogP contribution in [0.2, 0.25) is 0 Å². The molecule has 1 rings (SSSR count). The van der Waals surface area contributed by atoms with Gasteiger partial charge in [0.25, 0.3) is 0 Å². The molecule has 0 aromatic carbocycles. The van der Waals surface area contributed by atoms with Gasteiger partial charge in [0.05, 0.1) is 5.75 Å². The average Bonchev–Trinajstić information content (AvgIpc) is 2.26. The van der Waals surface area contributed by atoms with Gasteiger partial charge < -0.3 is 0 Å². The summed E-state index contributed by atoms with van der Waals surface area (Å²) in [5.74, 6) is 0.0731. The van der Waals surface area contributed by atoms with Crippen molar-refractivity contribution in [2.24, 2.45) is 0 Å². The highest BCUT2D eigenvalue weighted by atomic mass is 79.9. The predicted molar refractivity (Wildman–Crippen MR) is 68.1 cm³/mol. The van der Waals surface area contributed by atoms with Crippen LogP contribution in [-0.4, -0.2) is 30.5 Å². The van der Waals surface area contributed by atoms with Crippen LogP contribution in [-0.2, 0) is 16.4 Å². The minimum atomic E-state index is -3.19. The van der Waals surface area contributed by atoms with Gasteiger partial charge in [-0.25, -0.2) is 13.1 Å². The van der Waals surface area contributed by atoms with E-state index in [1.165, 1.54) is 0 Å². The van der Waals surface area contributed by atoms with E-state index >= 15 is 0 Å². The van der Waals surface area contributed by atoms with Gasteiger partial charge in [0.2, 0.25) is 10.0 Å². The fourth-order valence-electron chi connectivity index (χ4n) is 1.10. The number of halogens is 1. The number of hydrogen-bond acceptors (Lipinski definition) is 3. The molecule has 1 aromatic rings.